The smallest absolute Gasteiger partial charge is 0.264 e. The number of sulfonamides is 1. The fourth-order valence-electron chi connectivity index (χ4n) is 4.29. The first-order chi connectivity index (χ1) is 19.3. The number of methoxy groups -OCH3 is 2. The van der Waals surface area contributed by atoms with Crippen molar-refractivity contribution in [2.75, 3.05) is 31.6 Å². The van der Waals surface area contributed by atoms with Crippen molar-refractivity contribution in [2.24, 2.45) is 0 Å². The third-order valence-electron chi connectivity index (χ3n) is 6.40. The molecule has 3 rings (SSSR count). The molecule has 3 aromatic rings. The number of carbonyl (C=O) groups excluding carboxylic acids is 2. The lowest BCUT2D eigenvalue weighted by atomic mass is 10.1. The Morgan fingerprint density at radius 2 is 1.55 bits per heavy atom. The van der Waals surface area contributed by atoms with Crippen LogP contribution in [0.3, 0.4) is 0 Å². The van der Waals surface area contributed by atoms with Crippen LogP contribution in [0, 0.1) is 0 Å². The second kappa shape index (κ2) is 14.4. The number of amides is 2. The summed E-state index contributed by atoms with van der Waals surface area (Å²) in [5, 5.41) is 2.88. The molecule has 0 spiro atoms. The lowest BCUT2D eigenvalue weighted by Gasteiger charge is -2.33. The molecule has 0 saturated heterocycles. The van der Waals surface area contributed by atoms with E-state index in [1.807, 2.05) is 44.2 Å². The van der Waals surface area contributed by atoms with E-state index in [2.05, 4.69) is 5.32 Å². The van der Waals surface area contributed by atoms with Gasteiger partial charge in [-0.1, -0.05) is 62.4 Å². The monoisotopic (exact) mass is 567 g/mol. The van der Waals surface area contributed by atoms with E-state index < -0.39 is 28.5 Å². The normalized spacial score (nSPS) is 11.8. The van der Waals surface area contributed by atoms with Crippen LogP contribution in [0.2, 0.25) is 0 Å². The maximum Gasteiger partial charge on any atom is 0.264 e. The fourth-order valence-corrected chi connectivity index (χ4v) is 5.73. The fraction of sp³-hybridized carbons (Fsp3) is 0.333. The first kappa shape index (κ1) is 30.5. The van der Waals surface area contributed by atoms with Gasteiger partial charge >= 0.3 is 0 Å². The molecular formula is C30H37N3O6S. The number of rotatable bonds is 14. The van der Waals surface area contributed by atoms with Crippen LogP contribution in [0.25, 0.3) is 0 Å². The molecule has 0 aliphatic rings. The van der Waals surface area contributed by atoms with Crippen LogP contribution >= 0.6 is 0 Å². The minimum atomic E-state index is -4.23. The molecule has 3 aromatic carbocycles. The van der Waals surface area contributed by atoms with E-state index in [1.54, 1.807) is 30.3 Å². The first-order valence-electron chi connectivity index (χ1n) is 13.2. The quantitative estimate of drug-likeness (QED) is 0.313. The van der Waals surface area contributed by atoms with Crippen LogP contribution in [-0.4, -0.2) is 58.5 Å². The van der Waals surface area contributed by atoms with Gasteiger partial charge in [-0.05, 0) is 42.7 Å². The van der Waals surface area contributed by atoms with Gasteiger partial charge in [-0.3, -0.25) is 13.9 Å². The topological polar surface area (TPSA) is 105 Å². The van der Waals surface area contributed by atoms with Crippen molar-refractivity contribution in [3.05, 3.63) is 84.4 Å². The Labute approximate surface area is 236 Å². The van der Waals surface area contributed by atoms with Crippen molar-refractivity contribution in [3.63, 3.8) is 0 Å². The largest absolute Gasteiger partial charge is 0.497 e. The van der Waals surface area contributed by atoms with Crippen LogP contribution in [0.1, 0.15) is 32.3 Å². The second-order valence-corrected chi connectivity index (χ2v) is 10.9. The third-order valence-corrected chi connectivity index (χ3v) is 8.17. The van der Waals surface area contributed by atoms with Gasteiger partial charge in [0.1, 0.15) is 24.1 Å². The highest BCUT2D eigenvalue weighted by atomic mass is 32.2. The highest BCUT2D eigenvalue weighted by molar-refractivity contribution is 7.92. The number of anilines is 1. The van der Waals surface area contributed by atoms with E-state index in [-0.39, 0.29) is 28.8 Å². The summed E-state index contributed by atoms with van der Waals surface area (Å²) in [6.45, 7) is 3.81. The maximum atomic E-state index is 14.1. The Balaban J connectivity index is 2.11. The highest BCUT2D eigenvalue weighted by Gasteiger charge is 2.34. The molecule has 2 amide bonds. The molecule has 1 atom stereocenters. The predicted octanol–water partition coefficient (Wildman–Crippen LogP) is 4.23. The number of nitrogens with zero attached hydrogens (tertiary/aromatic N) is 2. The molecule has 0 unspecified atom stereocenters. The first-order valence-corrected chi connectivity index (χ1v) is 14.6. The number of hydrogen-bond donors (Lipinski definition) is 1. The van der Waals surface area contributed by atoms with Gasteiger partial charge in [-0.15, -0.1) is 0 Å². The Bertz CT molecular complexity index is 1370. The van der Waals surface area contributed by atoms with Gasteiger partial charge in [0.25, 0.3) is 10.0 Å². The second-order valence-electron chi connectivity index (χ2n) is 9.08. The molecule has 9 nitrogen and oxygen atoms in total. The number of benzene rings is 3. The lowest BCUT2D eigenvalue weighted by Crippen LogP contribution is -2.52. The average molecular weight is 568 g/mol. The van der Waals surface area contributed by atoms with Crippen molar-refractivity contribution >= 4 is 27.5 Å². The molecule has 0 aliphatic carbocycles. The van der Waals surface area contributed by atoms with Crippen LogP contribution < -0.4 is 19.1 Å². The van der Waals surface area contributed by atoms with Gasteiger partial charge < -0.3 is 19.7 Å². The summed E-state index contributed by atoms with van der Waals surface area (Å²) in [5.41, 5.74) is 0.955. The molecule has 1 N–H and O–H groups in total. The summed E-state index contributed by atoms with van der Waals surface area (Å²) in [7, 11) is -1.34. The van der Waals surface area contributed by atoms with E-state index in [0.717, 1.165) is 16.3 Å². The molecular weight excluding hydrogens is 530 g/mol. The van der Waals surface area contributed by atoms with Gasteiger partial charge in [0.2, 0.25) is 11.8 Å². The zero-order valence-electron chi connectivity index (χ0n) is 23.4. The zero-order chi connectivity index (χ0) is 29.1. The molecule has 0 bridgehead atoms. The van der Waals surface area contributed by atoms with Gasteiger partial charge in [0.05, 0.1) is 24.8 Å². The van der Waals surface area contributed by atoms with Gasteiger partial charge in [0.15, 0.2) is 0 Å². The Kier molecular flexibility index (Phi) is 11.0. The molecule has 10 heteroatoms. The summed E-state index contributed by atoms with van der Waals surface area (Å²) < 4.78 is 39.9. The van der Waals surface area contributed by atoms with Crippen molar-refractivity contribution in [3.8, 4) is 11.5 Å². The lowest BCUT2D eigenvalue weighted by molar-refractivity contribution is -0.140. The molecule has 0 aromatic heterocycles. The SMILES string of the molecule is CCCNC(=O)[C@@H](CC)N(Cc1ccccc1)C(=O)CN(c1cc(OC)ccc1OC)S(=O)(=O)c1ccccc1. The number of hydrogen-bond acceptors (Lipinski definition) is 6. The third kappa shape index (κ3) is 7.32. The molecule has 0 fully saturated rings. The van der Waals surface area contributed by atoms with E-state index >= 15 is 0 Å². The van der Waals surface area contributed by atoms with Gasteiger partial charge in [-0.25, -0.2) is 8.42 Å². The highest BCUT2D eigenvalue weighted by Crippen LogP contribution is 2.36. The zero-order valence-corrected chi connectivity index (χ0v) is 24.2. The molecule has 0 aliphatic heterocycles. The summed E-state index contributed by atoms with van der Waals surface area (Å²) in [6, 6.07) is 21.1. The molecule has 40 heavy (non-hydrogen) atoms. The molecule has 0 radical (unpaired) electrons. The molecule has 0 saturated carbocycles. The minimum Gasteiger partial charge on any atom is -0.497 e. The standard InChI is InChI=1S/C30H37N3O6S/c1-5-19-31-30(35)26(6-2)32(21-23-13-9-7-10-14-23)29(34)22-33(40(36,37)25-15-11-8-12-16-25)27-20-24(38-3)17-18-28(27)39-4/h7-18,20,26H,5-6,19,21-22H2,1-4H3,(H,31,35)/t26-/m1/s1. The predicted molar refractivity (Wildman–Crippen MR) is 155 cm³/mol. The van der Waals surface area contributed by atoms with Gasteiger partial charge in [0, 0.05) is 19.2 Å². The Morgan fingerprint density at radius 3 is 2.12 bits per heavy atom. The summed E-state index contributed by atoms with van der Waals surface area (Å²) in [6.07, 6.45) is 1.09. The van der Waals surface area contributed by atoms with Crippen molar-refractivity contribution < 1.29 is 27.5 Å². The van der Waals surface area contributed by atoms with Crippen molar-refractivity contribution in [2.45, 2.75) is 44.2 Å². The van der Waals surface area contributed by atoms with Crippen LogP contribution in [0.15, 0.2) is 83.8 Å². The Morgan fingerprint density at radius 1 is 0.900 bits per heavy atom. The number of carbonyl (C=O) groups is 2. The summed E-state index contributed by atoms with van der Waals surface area (Å²) in [4.78, 5) is 28.7. The summed E-state index contributed by atoms with van der Waals surface area (Å²) in [5.74, 6) is -0.185. The minimum absolute atomic E-state index is 0.00927. The summed E-state index contributed by atoms with van der Waals surface area (Å²) >= 11 is 0. The number of ether oxygens (including phenoxy) is 2. The van der Waals surface area contributed by atoms with Gasteiger partial charge in [-0.2, -0.15) is 0 Å². The van der Waals surface area contributed by atoms with Crippen molar-refractivity contribution in [1.82, 2.24) is 10.2 Å². The average Bonchev–Trinajstić information content (AvgIpc) is 2.99. The Hall–Kier alpha value is -4.05. The maximum absolute atomic E-state index is 14.1. The van der Waals surface area contributed by atoms with Crippen LogP contribution in [-0.2, 0) is 26.2 Å². The van der Waals surface area contributed by atoms with E-state index in [0.29, 0.717) is 18.7 Å². The molecule has 214 valence electrons. The van der Waals surface area contributed by atoms with Crippen molar-refractivity contribution in [1.29, 1.82) is 0 Å². The van der Waals surface area contributed by atoms with Crippen LogP contribution in [0.5, 0.6) is 11.5 Å². The number of nitrogens with one attached hydrogen (secondary N) is 1. The van der Waals surface area contributed by atoms with E-state index in [1.165, 1.54) is 37.3 Å². The molecule has 0 heterocycles. The van der Waals surface area contributed by atoms with Crippen LogP contribution in [0.4, 0.5) is 5.69 Å². The van der Waals surface area contributed by atoms with E-state index in [9.17, 15) is 18.0 Å². The van der Waals surface area contributed by atoms with E-state index in [4.69, 9.17) is 9.47 Å².